The van der Waals surface area contributed by atoms with Crippen molar-refractivity contribution in [2.75, 3.05) is 44.0 Å². The van der Waals surface area contributed by atoms with Gasteiger partial charge in [0.2, 0.25) is 0 Å². The van der Waals surface area contributed by atoms with Gasteiger partial charge in [0.1, 0.15) is 30.8 Å². The minimum absolute atomic E-state index is 0.124. The zero-order chi connectivity index (χ0) is 28.3. The number of hydrogen-bond donors (Lipinski definition) is 2. The summed E-state index contributed by atoms with van der Waals surface area (Å²) in [5.74, 6) is 0.796. The molecule has 1 heterocycles. The summed E-state index contributed by atoms with van der Waals surface area (Å²) in [5, 5.41) is 14.0. The highest BCUT2D eigenvalue weighted by Crippen LogP contribution is 2.28. The van der Waals surface area contributed by atoms with Gasteiger partial charge in [0, 0.05) is 37.6 Å². The summed E-state index contributed by atoms with van der Waals surface area (Å²) in [6.07, 6.45) is 2.82. The Morgan fingerprint density at radius 2 is 1.77 bits per heavy atom. The third kappa shape index (κ3) is 8.55. The van der Waals surface area contributed by atoms with Gasteiger partial charge in [-0.15, -0.1) is 0 Å². The quantitative estimate of drug-likeness (QED) is 0.298. The van der Waals surface area contributed by atoms with E-state index in [4.69, 9.17) is 14.2 Å². The molecule has 214 valence electrons. The number of carbonyl (C=O) groups excluding carboxylic acids is 1. The lowest BCUT2D eigenvalue weighted by atomic mass is 10.0. The van der Waals surface area contributed by atoms with Crippen LogP contribution in [0.3, 0.4) is 0 Å². The van der Waals surface area contributed by atoms with Crippen LogP contribution in [0.5, 0.6) is 11.5 Å². The van der Waals surface area contributed by atoms with Crippen molar-refractivity contribution in [1.29, 1.82) is 0 Å². The Kier molecular flexibility index (Phi) is 11.0. The minimum Gasteiger partial charge on any atom is -0.491 e. The molecule has 2 atom stereocenters. The van der Waals surface area contributed by atoms with E-state index in [2.05, 4.69) is 10.2 Å². The maximum absolute atomic E-state index is 12.3. The number of anilines is 1. The average Bonchev–Trinajstić information content (AvgIpc) is 2.99. The van der Waals surface area contributed by atoms with Gasteiger partial charge in [0.05, 0.1) is 27.9 Å². The number of nitrogens with one attached hydrogen (secondary N) is 1. The van der Waals surface area contributed by atoms with Crippen molar-refractivity contribution in [2.24, 2.45) is 0 Å². The Labute approximate surface area is 238 Å². The Bertz CT molecular complexity index is 1250. The van der Waals surface area contributed by atoms with Crippen molar-refractivity contribution in [3.8, 4) is 11.5 Å². The number of aliphatic hydroxyl groups is 1. The molecule has 0 radical (unpaired) electrons. The topological polar surface area (TPSA) is 97.3 Å². The standard InChI is InChI=1S/C31H38N2O6S/c1-3-37-31(35)24-9-11-26(12-10-24)33-17-15-25(16-18-33)32-20-27(34)22-38-28-13-14-29(30(19-28)40(2)36)39-21-23-7-5-4-6-8-23/h4-14,19,25,27,32,34H,3,15-18,20-22H2,1-2H3. The lowest BCUT2D eigenvalue weighted by Gasteiger charge is -2.34. The third-order valence-electron chi connectivity index (χ3n) is 6.79. The van der Waals surface area contributed by atoms with Crippen LogP contribution in [0, 0.1) is 0 Å². The molecule has 1 aliphatic heterocycles. The molecule has 4 rings (SSSR count). The van der Waals surface area contributed by atoms with E-state index in [-0.39, 0.29) is 12.6 Å². The monoisotopic (exact) mass is 566 g/mol. The van der Waals surface area contributed by atoms with Crippen molar-refractivity contribution in [3.05, 3.63) is 83.9 Å². The minimum atomic E-state index is -1.26. The van der Waals surface area contributed by atoms with Crippen molar-refractivity contribution in [1.82, 2.24) is 5.32 Å². The van der Waals surface area contributed by atoms with E-state index in [1.54, 1.807) is 43.5 Å². The maximum atomic E-state index is 12.3. The molecule has 2 unspecified atom stereocenters. The number of ether oxygens (including phenoxy) is 3. The van der Waals surface area contributed by atoms with Crippen LogP contribution in [0.2, 0.25) is 0 Å². The van der Waals surface area contributed by atoms with Crippen molar-refractivity contribution < 1.29 is 28.3 Å². The second-order valence-electron chi connectivity index (χ2n) is 9.74. The summed E-state index contributed by atoms with van der Waals surface area (Å²) in [5.41, 5.74) is 2.68. The zero-order valence-electron chi connectivity index (χ0n) is 23.1. The highest BCUT2D eigenvalue weighted by atomic mass is 32.2. The molecule has 40 heavy (non-hydrogen) atoms. The number of aliphatic hydroxyl groups excluding tert-OH is 1. The van der Waals surface area contributed by atoms with Gasteiger partial charge in [-0.1, -0.05) is 30.3 Å². The largest absolute Gasteiger partial charge is 0.491 e. The van der Waals surface area contributed by atoms with Gasteiger partial charge in [0.15, 0.2) is 0 Å². The lowest BCUT2D eigenvalue weighted by molar-refractivity contribution is 0.0526. The summed E-state index contributed by atoms with van der Waals surface area (Å²) in [6, 6.07) is 22.9. The van der Waals surface area contributed by atoms with E-state index in [1.807, 2.05) is 42.5 Å². The van der Waals surface area contributed by atoms with Crippen molar-refractivity contribution in [3.63, 3.8) is 0 Å². The third-order valence-corrected chi connectivity index (χ3v) is 7.72. The molecule has 1 saturated heterocycles. The maximum Gasteiger partial charge on any atom is 0.338 e. The molecule has 0 amide bonds. The number of hydrogen-bond acceptors (Lipinski definition) is 8. The Morgan fingerprint density at radius 1 is 1.05 bits per heavy atom. The predicted molar refractivity (Wildman–Crippen MR) is 157 cm³/mol. The molecule has 2 N–H and O–H groups in total. The molecule has 1 aliphatic rings. The van der Waals surface area contributed by atoms with Crippen LogP contribution in [0.25, 0.3) is 0 Å². The number of nitrogens with zero attached hydrogens (tertiary/aromatic N) is 1. The summed E-state index contributed by atoms with van der Waals surface area (Å²) in [7, 11) is -1.26. The van der Waals surface area contributed by atoms with E-state index in [0.717, 1.165) is 37.2 Å². The van der Waals surface area contributed by atoms with Crippen molar-refractivity contribution in [2.45, 2.75) is 43.4 Å². The fourth-order valence-corrected chi connectivity index (χ4v) is 5.27. The lowest BCUT2D eigenvalue weighted by Crippen LogP contribution is -2.45. The molecule has 0 spiro atoms. The van der Waals surface area contributed by atoms with E-state index in [0.29, 0.717) is 47.8 Å². The van der Waals surface area contributed by atoms with Crippen LogP contribution in [-0.2, 0) is 22.1 Å². The second kappa shape index (κ2) is 14.8. The number of carbonyl (C=O) groups is 1. The van der Waals surface area contributed by atoms with E-state index >= 15 is 0 Å². The molecule has 3 aromatic carbocycles. The van der Waals surface area contributed by atoms with Crippen LogP contribution in [0.1, 0.15) is 35.7 Å². The summed E-state index contributed by atoms with van der Waals surface area (Å²) < 4.78 is 29.1. The molecule has 0 aromatic heterocycles. The molecule has 0 saturated carbocycles. The highest BCUT2D eigenvalue weighted by molar-refractivity contribution is 7.84. The number of benzene rings is 3. The van der Waals surface area contributed by atoms with Crippen LogP contribution < -0.4 is 19.7 Å². The Hall–Kier alpha value is -3.40. The fourth-order valence-electron chi connectivity index (χ4n) is 4.58. The molecular weight excluding hydrogens is 528 g/mol. The molecule has 0 bridgehead atoms. The van der Waals surface area contributed by atoms with Gasteiger partial charge in [0.25, 0.3) is 0 Å². The Morgan fingerprint density at radius 3 is 2.45 bits per heavy atom. The first-order chi connectivity index (χ1) is 19.4. The summed E-state index contributed by atoms with van der Waals surface area (Å²) >= 11 is 0. The van der Waals surface area contributed by atoms with Crippen LogP contribution in [-0.4, -0.2) is 66.5 Å². The van der Waals surface area contributed by atoms with E-state index in [9.17, 15) is 14.1 Å². The van der Waals surface area contributed by atoms with Crippen molar-refractivity contribution >= 4 is 22.5 Å². The second-order valence-corrected chi connectivity index (χ2v) is 11.1. The first-order valence-electron chi connectivity index (χ1n) is 13.6. The normalized spacial score (nSPS) is 15.3. The van der Waals surface area contributed by atoms with Crippen LogP contribution in [0.15, 0.2) is 77.7 Å². The van der Waals surface area contributed by atoms with Gasteiger partial charge >= 0.3 is 5.97 Å². The molecule has 3 aromatic rings. The molecule has 9 heteroatoms. The SMILES string of the molecule is CCOC(=O)c1ccc(N2CCC(NCC(O)COc3ccc(OCc4ccccc4)c(S(C)=O)c3)CC2)cc1. The first-order valence-corrected chi connectivity index (χ1v) is 15.2. The van der Waals surface area contributed by atoms with Crippen LogP contribution in [0.4, 0.5) is 5.69 Å². The zero-order valence-corrected chi connectivity index (χ0v) is 23.9. The van der Waals surface area contributed by atoms with Gasteiger partial charge < -0.3 is 29.5 Å². The average molecular weight is 567 g/mol. The van der Waals surface area contributed by atoms with Crippen LogP contribution >= 0.6 is 0 Å². The molecular formula is C31H38N2O6S. The molecule has 1 fully saturated rings. The summed E-state index contributed by atoms with van der Waals surface area (Å²) in [6.45, 7) is 4.86. The smallest absolute Gasteiger partial charge is 0.338 e. The Balaban J connectivity index is 1.19. The number of esters is 1. The highest BCUT2D eigenvalue weighted by Gasteiger charge is 2.20. The molecule has 0 aliphatic carbocycles. The number of rotatable bonds is 13. The van der Waals surface area contributed by atoms with Gasteiger partial charge in [-0.25, -0.2) is 4.79 Å². The van der Waals surface area contributed by atoms with E-state index in [1.165, 1.54) is 0 Å². The fraction of sp³-hybridized carbons (Fsp3) is 0.387. The predicted octanol–water partition coefficient (Wildman–Crippen LogP) is 4.18. The summed E-state index contributed by atoms with van der Waals surface area (Å²) in [4.78, 5) is 14.7. The van der Waals surface area contributed by atoms with Gasteiger partial charge in [-0.2, -0.15) is 0 Å². The van der Waals surface area contributed by atoms with E-state index < -0.39 is 16.9 Å². The van der Waals surface area contributed by atoms with Gasteiger partial charge in [-0.3, -0.25) is 4.21 Å². The molecule has 8 nitrogen and oxygen atoms in total. The number of piperidine rings is 1. The first kappa shape index (κ1) is 29.6. The van der Waals surface area contributed by atoms with Gasteiger partial charge in [-0.05, 0) is 67.8 Å².